The Morgan fingerprint density at radius 2 is 0.303 bits per heavy atom. The molecule has 0 unspecified atom stereocenters. The maximum atomic E-state index is 12.2. The number of phenols is 6. The number of fused-ring (bicyclic) bond motifs is 12. The molecule has 0 fully saturated rings. The first kappa shape index (κ1) is 48.1. The van der Waals surface area contributed by atoms with Gasteiger partial charge < -0.3 is 30.6 Å². The van der Waals surface area contributed by atoms with Gasteiger partial charge in [-0.2, -0.15) is 0 Å². The van der Waals surface area contributed by atoms with E-state index in [1.165, 1.54) is 0 Å². The van der Waals surface area contributed by atoms with E-state index >= 15 is 0 Å². The maximum absolute atomic E-state index is 12.2. The lowest BCUT2D eigenvalue weighted by Gasteiger charge is -2.22. The fourth-order valence-corrected chi connectivity index (χ4v) is 9.57. The zero-order valence-electron chi connectivity index (χ0n) is 41.3. The van der Waals surface area contributed by atoms with E-state index in [-0.39, 0.29) is 109 Å². The molecule has 66 heavy (non-hydrogen) atoms. The molecular weight excluding hydrogens is 817 g/mol. The van der Waals surface area contributed by atoms with Gasteiger partial charge in [-0.15, -0.1) is 0 Å². The molecule has 0 amide bonds. The summed E-state index contributed by atoms with van der Waals surface area (Å²) < 4.78 is 0. The van der Waals surface area contributed by atoms with Crippen LogP contribution in [0, 0.1) is 0 Å². The second-order valence-corrected chi connectivity index (χ2v) is 21.1. The summed E-state index contributed by atoms with van der Waals surface area (Å²) in [6, 6.07) is 24.4. The van der Waals surface area contributed by atoms with Crippen LogP contribution in [0.1, 0.15) is 219 Å². The normalized spacial score (nSPS) is 13.4. The number of rotatable bonds is 6. The Hall–Kier alpha value is -5.88. The molecule has 6 heteroatoms. The summed E-state index contributed by atoms with van der Waals surface area (Å²) >= 11 is 0. The first-order valence-electron chi connectivity index (χ1n) is 24.2. The fraction of sp³-hybridized carbons (Fsp3) is 0.400. The van der Waals surface area contributed by atoms with Gasteiger partial charge in [0.05, 0.1) is 0 Å². The Bertz CT molecular complexity index is 2150. The third-order valence-electron chi connectivity index (χ3n) is 14.0. The lowest BCUT2D eigenvalue weighted by molar-refractivity contribution is 0.450. The minimum atomic E-state index is 0.131. The molecule has 6 nitrogen and oxygen atoms in total. The molecule has 0 heterocycles. The molecule has 0 atom stereocenters. The molecule has 0 radical (unpaired) electrons. The van der Waals surface area contributed by atoms with Crippen molar-refractivity contribution in [3.8, 4) is 34.5 Å². The van der Waals surface area contributed by atoms with Gasteiger partial charge in [0.2, 0.25) is 0 Å². The molecule has 0 saturated heterocycles. The number of benzene rings is 6. The average Bonchev–Trinajstić information content (AvgIpc) is 3.24. The van der Waals surface area contributed by atoms with Gasteiger partial charge >= 0.3 is 0 Å². The first-order chi connectivity index (χ1) is 31.1. The summed E-state index contributed by atoms with van der Waals surface area (Å²) in [5, 5.41) is 73.3. The summed E-state index contributed by atoms with van der Waals surface area (Å²) in [4.78, 5) is 0. The molecule has 7 rings (SSSR count). The van der Waals surface area contributed by atoms with E-state index in [1.807, 2.05) is 72.8 Å². The van der Waals surface area contributed by atoms with E-state index in [1.54, 1.807) is 0 Å². The fourth-order valence-electron chi connectivity index (χ4n) is 9.57. The van der Waals surface area contributed by atoms with Crippen molar-refractivity contribution in [3.63, 3.8) is 0 Å². The standard InChI is InChI=1S/C60H72O6/c1-31(2)37-13-43-25-45-15-38(32(3)4)17-47(56(45)62)27-49-19-40(34(7)8)21-51(58(49)64)29-53-23-42(36(11)12)24-54(60(53)66)30-52-22-41(35(9)10)20-50(59(52)65)28-48-18-39(33(5)6)16-46(57(48)63)26-44(14-37)55(43)61/h13-24,31-36,61-66H,25-30H2,1-12H3. The SMILES string of the molecule is CC(C)c1cc2c(O)c(c1)Cc1cc(C(C)C)cc(c1O)Cc1cc(C(C)C)cc(c1O)Cc1cc(C(C)C)cc(c1O)Cc1cc(C(C)C)cc(c1O)Cc1cc(C(C)C)cc(c1O)C2. The summed E-state index contributed by atoms with van der Waals surface area (Å²) in [7, 11) is 0. The summed E-state index contributed by atoms with van der Waals surface area (Å²) in [5.41, 5.74) is 14.5. The van der Waals surface area contributed by atoms with Crippen molar-refractivity contribution in [2.24, 2.45) is 0 Å². The third kappa shape index (κ3) is 9.94. The monoisotopic (exact) mass is 889 g/mol. The van der Waals surface area contributed by atoms with E-state index in [0.717, 1.165) is 33.4 Å². The van der Waals surface area contributed by atoms with Crippen LogP contribution in [0.2, 0.25) is 0 Å². The third-order valence-corrected chi connectivity index (χ3v) is 14.0. The van der Waals surface area contributed by atoms with Crippen molar-refractivity contribution in [1.82, 2.24) is 0 Å². The lowest BCUT2D eigenvalue weighted by atomic mass is 9.85. The molecule has 6 aromatic rings. The largest absolute Gasteiger partial charge is 0.507 e. The zero-order chi connectivity index (χ0) is 48.0. The van der Waals surface area contributed by atoms with Crippen LogP contribution >= 0.6 is 0 Å². The van der Waals surface area contributed by atoms with Crippen LogP contribution in [0.3, 0.4) is 0 Å². The molecule has 6 aromatic carbocycles. The number of phenolic OH excluding ortho intramolecular Hbond substituents is 6. The summed E-state index contributed by atoms with van der Waals surface area (Å²) in [6.45, 7) is 25.5. The molecule has 0 saturated carbocycles. The highest BCUT2D eigenvalue weighted by Gasteiger charge is 2.25. The zero-order valence-corrected chi connectivity index (χ0v) is 41.3. The van der Waals surface area contributed by atoms with Crippen molar-refractivity contribution in [3.05, 3.63) is 173 Å². The topological polar surface area (TPSA) is 121 Å². The lowest BCUT2D eigenvalue weighted by Crippen LogP contribution is -2.05. The van der Waals surface area contributed by atoms with Gasteiger partial charge in [-0.25, -0.2) is 0 Å². The first-order valence-corrected chi connectivity index (χ1v) is 24.2. The van der Waals surface area contributed by atoms with Gasteiger partial charge in [0.1, 0.15) is 34.5 Å². The number of hydrogen-bond acceptors (Lipinski definition) is 6. The molecular formula is C60H72O6. The average molecular weight is 889 g/mol. The molecule has 1 aliphatic rings. The Labute approximate surface area is 393 Å². The highest BCUT2D eigenvalue weighted by Crippen LogP contribution is 2.43. The van der Waals surface area contributed by atoms with E-state index in [4.69, 9.17) is 0 Å². The second-order valence-electron chi connectivity index (χ2n) is 21.1. The van der Waals surface area contributed by atoms with Gasteiger partial charge in [0, 0.05) is 38.5 Å². The van der Waals surface area contributed by atoms with Crippen LogP contribution in [0.15, 0.2) is 72.8 Å². The smallest absolute Gasteiger partial charge is 0.122 e. The molecule has 0 spiro atoms. The highest BCUT2D eigenvalue weighted by molar-refractivity contribution is 5.59. The quantitative estimate of drug-likeness (QED) is 0.0989. The molecule has 0 aliphatic heterocycles. The minimum Gasteiger partial charge on any atom is -0.507 e. The van der Waals surface area contributed by atoms with Crippen LogP contribution in [-0.2, 0) is 38.5 Å². The van der Waals surface area contributed by atoms with E-state index in [2.05, 4.69) is 83.1 Å². The van der Waals surface area contributed by atoms with Gasteiger partial charge in [0.15, 0.2) is 0 Å². The van der Waals surface area contributed by atoms with Crippen LogP contribution in [-0.4, -0.2) is 30.6 Å². The van der Waals surface area contributed by atoms with Crippen LogP contribution in [0.25, 0.3) is 0 Å². The van der Waals surface area contributed by atoms with Crippen molar-refractivity contribution < 1.29 is 30.6 Å². The molecule has 348 valence electrons. The molecule has 0 aromatic heterocycles. The number of aromatic hydroxyl groups is 6. The Morgan fingerprint density at radius 1 is 0.212 bits per heavy atom. The van der Waals surface area contributed by atoms with Crippen molar-refractivity contribution in [2.45, 2.75) is 157 Å². The Morgan fingerprint density at radius 3 is 0.379 bits per heavy atom. The summed E-state index contributed by atoms with van der Waals surface area (Å²) in [5.74, 6) is 1.64. The predicted octanol–water partition coefficient (Wildman–Crippen LogP) is 14.5. The second kappa shape index (κ2) is 19.1. The van der Waals surface area contributed by atoms with E-state index < -0.39 is 0 Å². The van der Waals surface area contributed by atoms with E-state index in [0.29, 0.717) is 66.8 Å². The Balaban J connectivity index is 1.52. The predicted molar refractivity (Wildman–Crippen MR) is 270 cm³/mol. The van der Waals surface area contributed by atoms with Gasteiger partial charge in [-0.1, -0.05) is 156 Å². The maximum Gasteiger partial charge on any atom is 0.122 e. The van der Waals surface area contributed by atoms with Gasteiger partial charge in [0.25, 0.3) is 0 Å². The van der Waals surface area contributed by atoms with E-state index in [9.17, 15) is 30.6 Å². The highest BCUT2D eigenvalue weighted by atomic mass is 16.3. The van der Waals surface area contributed by atoms with Crippen LogP contribution < -0.4 is 0 Å². The van der Waals surface area contributed by atoms with Crippen molar-refractivity contribution in [2.75, 3.05) is 0 Å². The molecule has 6 N–H and O–H groups in total. The minimum absolute atomic E-state index is 0.131. The van der Waals surface area contributed by atoms with Crippen LogP contribution in [0.4, 0.5) is 0 Å². The Kier molecular flexibility index (Phi) is 13.9. The van der Waals surface area contributed by atoms with Crippen molar-refractivity contribution in [1.29, 1.82) is 0 Å². The molecule has 1 aliphatic carbocycles. The number of hydrogen-bond donors (Lipinski definition) is 6. The van der Waals surface area contributed by atoms with Crippen molar-refractivity contribution >= 4 is 0 Å². The molecule has 12 bridgehead atoms. The van der Waals surface area contributed by atoms with Gasteiger partial charge in [-0.05, 0) is 136 Å². The van der Waals surface area contributed by atoms with Crippen LogP contribution in [0.5, 0.6) is 34.5 Å². The summed E-state index contributed by atoms with van der Waals surface area (Å²) in [6.07, 6.45) is 1.62. The van der Waals surface area contributed by atoms with Gasteiger partial charge in [-0.3, -0.25) is 0 Å².